The number of fused-ring (bicyclic) bond motifs is 1. The van der Waals surface area contributed by atoms with Gasteiger partial charge in [-0.15, -0.1) is 0 Å². The van der Waals surface area contributed by atoms with Crippen molar-refractivity contribution in [2.45, 2.75) is 52.6 Å². The van der Waals surface area contributed by atoms with Gasteiger partial charge in [-0.3, -0.25) is 9.59 Å². The third-order valence-corrected chi connectivity index (χ3v) is 3.94. The molecule has 0 bridgehead atoms. The molecule has 0 fully saturated rings. The Labute approximate surface area is 130 Å². The molecule has 4 nitrogen and oxygen atoms in total. The lowest BCUT2D eigenvalue weighted by atomic mass is 9.86. The number of Topliss-reactive ketones (excluding diaryl/α,β-unsaturated/α-hetero) is 1. The second-order valence-electron chi connectivity index (χ2n) is 6.35. The van der Waals surface area contributed by atoms with Crippen molar-refractivity contribution in [2.24, 2.45) is 0 Å². The quantitative estimate of drug-likeness (QED) is 0.635. The summed E-state index contributed by atoms with van der Waals surface area (Å²) in [7, 11) is 0. The molecule has 1 aliphatic carbocycles. The standard InChI is InChI=1S/C18H22O4/c1-11(2)6-5-8-18(4)9-7-13-15(22-18)10-14(20)16(12(3)19)17(13)21/h6-7,10,21H,5,8-9H2,1-4H3. The molecule has 0 saturated heterocycles. The molecule has 0 saturated carbocycles. The van der Waals surface area contributed by atoms with Crippen molar-refractivity contribution in [1.82, 2.24) is 0 Å². The fourth-order valence-corrected chi connectivity index (χ4v) is 2.70. The van der Waals surface area contributed by atoms with Gasteiger partial charge >= 0.3 is 0 Å². The Bertz CT molecular complexity index is 642. The summed E-state index contributed by atoms with van der Waals surface area (Å²) in [6, 6.07) is 0. The molecule has 0 amide bonds. The van der Waals surface area contributed by atoms with Crippen molar-refractivity contribution in [3.8, 4) is 0 Å². The summed E-state index contributed by atoms with van der Waals surface area (Å²) in [5.41, 5.74) is 1.14. The maximum Gasteiger partial charge on any atom is 0.196 e. The molecule has 1 N–H and O–H groups in total. The van der Waals surface area contributed by atoms with Crippen LogP contribution in [0.1, 0.15) is 47.0 Å². The lowest BCUT2D eigenvalue weighted by molar-refractivity contribution is -0.118. The molecule has 1 aliphatic heterocycles. The molecule has 1 heterocycles. The predicted octanol–water partition coefficient (Wildman–Crippen LogP) is 3.71. The van der Waals surface area contributed by atoms with Gasteiger partial charge in [-0.25, -0.2) is 0 Å². The minimum atomic E-state index is -0.495. The van der Waals surface area contributed by atoms with Gasteiger partial charge in [0.05, 0.1) is 5.57 Å². The molecule has 118 valence electrons. The lowest BCUT2D eigenvalue weighted by Gasteiger charge is -2.36. The van der Waals surface area contributed by atoms with E-state index in [1.807, 2.05) is 13.0 Å². The van der Waals surface area contributed by atoms with Crippen LogP contribution in [0.15, 0.2) is 46.5 Å². The zero-order chi connectivity index (χ0) is 16.5. The molecular formula is C18H22O4. The Kier molecular flexibility index (Phi) is 4.40. The van der Waals surface area contributed by atoms with Gasteiger partial charge in [0.25, 0.3) is 0 Å². The van der Waals surface area contributed by atoms with E-state index in [0.29, 0.717) is 17.8 Å². The highest BCUT2D eigenvalue weighted by molar-refractivity contribution is 6.25. The van der Waals surface area contributed by atoms with E-state index in [-0.39, 0.29) is 11.3 Å². The summed E-state index contributed by atoms with van der Waals surface area (Å²) in [5, 5.41) is 10.2. The van der Waals surface area contributed by atoms with Crippen LogP contribution in [0.4, 0.5) is 0 Å². The number of ketones is 2. The van der Waals surface area contributed by atoms with E-state index < -0.39 is 17.2 Å². The number of carbonyl (C=O) groups excluding carboxylic acids is 2. The summed E-state index contributed by atoms with van der Waals surface area (Å²) in [4.78, 5) is 23.5. The van der Waals surface area contributed by atoms with Gasteiger partial charge in [-0.05, 0) is 40.5 Å². The number of hydrogen-bond donors (Lipinski definition) is 1. The third-order valence-electron chi connectivity index (χ3n) is 3.94. The van der Waals surface area contributed by atoms with Crippen LogP contribution in [0, 0.1) is 0 Å². The normalized spacial score (nSPS) is 24.1. The Morgan fingerprint density at radius 3 is 2.68 bits per heavy atom. The first-order valence-corrected chi connectivity index (χ1v) is 7.47. The summed E-state index contributed by atoms with van der Waals surface area (Å²) in [6.45, 7) is 7.37. The second kappa shape index (κ2) is 5.95. The zero-order valence-electron chi connectivity index (χ0n) is 13.5. The van der Waals surface area contributed by atoms with Gasteiger partial charge in [0.2, 0.25) is 0 Å². The molecule has 0 aromatic rings. The first kappa shape index (κ1) is 16.3. The average molecular weight is 302 g/mol. The van der Waals surface area contributed by atoms with E-state index in [1.54, 1.807) is 0 Å². The Balaban J connectivity index is 2.26. The number of hydrogen-bond acceptors (Lipinski definition) is 4. The maximum absolute atomic E-state index is 12.0. The van der Waals surface area contributed by atoms with E-state index in [0.717, 1.165) is 12.8 Å². The van der Waals surface area contributed by atoms with Gasteiger partial charge in [-0.2, -0.15) is 0 Å². The molecule has 4 heteroatoms. The Morgan fingerprint density at radius 1 is 1.41 bits per heavy atom. The third kappa shape index (κ3) is 3.21. The van der Waals surface area contributed by atoms with Crippen LogP contribution in [0.3, 0.4) is 0 Å². The van der Waals surface area contributed by atoms with Crippen molar-refractivity contribution < 1.29 is 19.4 Å². The average Bonchev–Trinajstić information content (AvgIpc) is 2.36. The molecule has 0 aromatic carbocycles. The fourth-order valence-electron chi connectivity index (χ4n) is 2.70. The van der Waals surface area contributed by atoms with Gasteiger partial charge in [0.1, 0.15) is 22.7 Å². The fraction of sp³-hybridized carbons (Fsp3) is 0.444. The lowest BCUT2D eigenvalue weighted by Crippen LogP contribution is -2.33. The van der Waals surface area contributed by atoms with Crippen LogP contribution in [-0.4, -0.2) is 22.3 Å². The molecule has 2 rings (SSSR count). The Hall–Kier alpha value is -2.10. The van der Waals surface area contributed by atoms with Crippen molar-refractivity contribution in [1.29, 1.82) is 0 Å². The van der Waals surface area contributed by atoms with Crippen LogP contribution in [0.2, 0.25) is 0 Å². The topological polar surface area (TPSA) is 63.6 Å². The van der Waals surface area contributed by atoms with E-state index in [4.69, 9.17) is 4.74 Å². The van der Waals surface area contributed by atoms with Crippen LogP contribution in [-0.2, 0) is 14.3 Å². The van der Waals surface area contributed by atoms with Crippen molar-refractivity contribution >= 4 is 11.6 Å². The van der Waals surface area contributed by atoms with E-state index in [1.165, 1.54) is 18.6 Å². The summed E-state index contributed by atoms with van der Waals surface area (Å²) >= 11 is 0. The van der Waals surface area contributed by atoms with E-state index in [9.17, 15) is 14.7 Å². The minimum absolute atomic E-state index is 0.160. The van der Waals surface area contributed by atoms with Crippen LogP contribution in [0.5, 0.6) is 0 Å². The van der Waals surface area contributed by atoms with Crippen molar-refractivity contribution in [3.05, 3.63) is 46.5 Å². The van der Waals surface area contributed by atoms with Crippen molar-refractivity contribution in [3.63, 3.8) is 0 Å². The number of aliphatic hydroxyl groups excluding tert-OH is 1. The molecule has 2 aliphatic rings. The van der Waals surface area contributed by atoms with Crippen LogP contribution >= 0.6 is 0 Å². The number of aliphatic hydroxyl groups is 1. The van der Waals surface area contributed by atoms with E-state index >= 15 is 0 Å². The summed E-state index contributed by atoms with van der Waals surface area (Å²) in [5.74, 6) is -0.832. The number of carbonyl (C=O) groups is 2. The highest BCUT2D eigenvalue weighted by Gasteiger charge is 2.37. The monoisotopic (exact) mass is 302 g/mol. The number of rotatable bonds is 4. The first-order chi connectivity index (χ1) is 10.2. The maximum atomic E-state index is 12.0. The highest BCUT2D eigenvalue weighted by atomic mass is 16.5. The smallest absolute Gasteiger partial charge is 0.196 e. The number of ether oxygens (including phenoxy) is 1. The molecule has 0 aromatic heterocycles. The summed E-state index contributed by atoms with van der Waals surface area (Å²) in [6.07, 6.45) is 7.64. The molecule has 1 unspecified atom stereocenters. The summed E-state index contributed by atoms with van der Waals surface area (Å²) < 4.78 is 5.97. The Morgan fingerprint density at radius 2 is 2.09 bits per heavy atom. The van der Waals surface area contributed by atoms with Gasteiger partial charge in [-0.1, -0.05) is 17.7 Å². The molecular weight excluding hydrogens is 280 g/mol. The van der Waals surface area contributed by atoms with E-state index in [2.05, 4.69) is 19.9 Å². The van der Waals surface area contributed by atoms with Crippen LogP contribution < -0.4 is 0 Å². The molecule has 0 spiro atoms. The largest absolute Gasteiger partial charge is 0.506 e. The molecule has 0 radical (unpaired) electrons. The van der Waals surface area contributed by atoms with Crippen LogP contribution in [0.25, 0.3) is 0 Å². The molecule has 22 heavy (non-hydrogen) atoms. The predicted molar refractivity (Wildman–Crippen MR) is 84.3 cm³/mol. The second-order valence-corrected chi connectivity index (χ2v) is 6.35. The first-order valence-electron chi connectivity index (χ1n) is 7.47. The minimum Gasteiger partial charge on any atom is -0.506 e. The van der Waals surface area contributed by atoms with Gasteiger partial charge in [0, 0.05) is 12.5 Å². The number of allylic oxidation sites excluding steroid dienone is 4. The van der Waals surface area contributed by atoms with Gasteiger partial charge in [0.15, 0.2) is 11.6 Å². The van der Waals surface area contributed by atoms with Crippen molar-refractivity contribution in [2.75, 3.05) is 0 Å². The SMILES string of the molecule is CC(=O)C1=C(O)C2=CCC(C)(CCC=C(C)C)OC2=CC1=O. The molecule has 1 atom stereocenters. The van der Waals surface area contributed by atoms with Gasteiger partial charge < -0.3 is 9.84 Å². The zero-order valence-corrected chi connectivity index (χ0v) is 13.5. The highest BCUT2D eigenvalue weighted by Crippen LogP contribution is 2.39.